The summed E-state index contributed by atoms with van der Waals surface area (Å²) < 4.78 is 0. The maximum Gasteiger partial charge on any atom is 0.339 e. The molecule has 7 nitrogen and oxygen atoms in total. The quantitative estimate of drug-likeness (QED) is 0.362. The standard InChI is InChI=1S/C12H14N2O5/c1-2-9(15)7-4-3-5-8(6-7)10(11(16)17)13-12(18)14-19/h3-6,10,19H,2H2,1H3,(H,16,17)(H2,13,14,18). The van der Waals surface area contributed by atoms with E-state index in [0.29, 0.717) is 12.0 Å². The van der Waals surface area contributed by atoms with Gasteiger partial charge < -0.3 is 10.4 Å². The minimum absolute atomic E-state index is 0.127. The van der Waals surface area contributed by atoms with Crippen molar-refractivity contribution in [3.63, 3.8) is 0 Å². The maximum atomic E-state index is 11.5. The topological polar surface area (TPSA) is 116 Å². The van der Waals surface area contributed by atoms with Gasteiger partial charge in [-0.25, -0.2) is 15.1 Å². The molecule has 0 aromatic heterocycles. The van der Waals surface area contributed by atoms with E-state index in [0.717, 1.165) is 0 Å². The van der Waals surface area contributed by atoms with Crippen LogP contribution in [0.15, 0.2) is 24.3 Å². The van der Waals surface area contributed by atoms with E-state index < -0.39 is 18.0 Å². The fourth-order valence-corrected chi connectivity index (χ4v) is 1.55. The number of carbonyl (C=O) groups excluding carboxylic acids is 2. The van der Waals surface area contributed by atoms with Crippen LogP contribution in [0.2, 0.25) is 0 Å². The molecule has 0 fully saturated rings. The fourth-order valence-electron chi connectivity index (χ4n) is 1.55. The zero-order valence-electron chi connectivity index (χ0n) is 10.2. The highest BCUT2D eigenvalue weighted by atomic mass is 16.5. The second-order valence-corrected chi connectivity index (χ2v) is 3.76. The van der Waals surface area contributed by atoms with E-state index in [-0.39, 0.29) is 11.3 Å². The van der Waals surface area contributed by atoms with Crippen molar-refractivity contribution in [2.45, 2.75) is 19.4 Å². The van der Waals surface area contributed by atoms with Crippen LogP contribution in [0.4, 0.5) is 4.79 Å². The molecule has 0 radical (unpaired) electrons. The molecule has 1 atom stereocenters. The number of nitrogens with one attached hydrogen (secondary N) is 2. The maximum absolute atomic E-state index is 11.5. The van der Waals surface area contributed by atoms with E-state index >= 15 is 0 Å². The molecule has 102 valence electrons. The summed E-state index contributed by atoms with van der Waals surface area (Å²) in [5.41, 5.74) is 1.91. The first-order valence-electron chi connectivity index (χ1n) is 5.56. The lowest BCUT2D eigenvalue weighted by atomic mass is 10.0. The summed E-state index contributed by atoms with van der Waals surface area (Å²) in [5, 5.41) is 19.5. The molecular formula is C12H14N2O5. The van der Waals surface area contributed by atoms with E-state index in [1.165, 1.54) is 23.7 Å². The van der Waals surface area contributed by atoms with Crippen LogP contribution in [0.5, 0.6) is 0 Å². The van der Waals surface area contributed by atoms with Crippen LogP contribution in [-0.4, -0.2) is 28.1 Å². The lowest BCUT2D eigenvalue weighted by molar-refractivity contribution is -0.139. The number of carboxylic acids is 1. The molecule has 4 N–H and O–H groups in total. The zero-order chi connectivity index (χ0) is 14.4. The number of carboxylic acid groups (broad SMARTS) is 1. The number of Topliss-reactive ketones (excluding diaryl/α,β-unsaturated/α-hetero) is 1. The Balaban J connectivity index is 3.06. The number of rotatable bonds is 5. The van der Waals surface area contributed by atoms with Gasteiger partial charge in [0.05, 0.1) is 0 Å². The number of amides is 2. The van der Waals surface area contributed by atoms with E-state index in [4.69, 9.17) is 10.3 Å². The minimum atomic E-state index is -1.35. The summed E-state index contributed by atoms with van der Waals surface area (Å²) in [6.07, 6.45) is 0.297. The average Bonchev–Trinajstić information content (AvgIpc) is 2.43. The Hall–Kier alpha value is -2.41. The predicted octanol–water partition coefficient (Wildman–Crippen LogP) is 1.09. The fraction of sp³-hybridized carbons (Fsp3) is 0.250. The summed E-state index contributed by atoms with van der Waals surface area (Å²) in [7, 11) is 0. The van der Waals surface area contributed by atoms with Crippen molar-refractivity contribution in [1.82, 2.24) is 10.8 Å². The Kier molecular flexibility index (Phi) is 5.01. The van der Waals surface area contributed by atoms with Gasteiger partial charge in [-0.1, -0.05) is 25.1 Å². The number of ketones is 1. The summed E-state index contributed by atoms with van der Waals surface area (Å²) >= 11 is 0. The van der Waals surface area contributed by atoms with E-state index in [1.807, 2.05) is 0 Å². The second kappa shape index (κ2) is 6.50. The van der Waals surface area contributed by atoms with Crippen molar-refractivity contribution >= 4 is 17.8 Å². The number of urea groups is 1. The van der Waals surface area contributed by atoms with Gasteiger partial charge in [-0.3, -0.25) is 10.0 Å². The number of hydroxylamine groups is 1. The van der Waals surface area contributed by atoms with Crippen LogP contribution in [0, 0.1) is 0 Å². The van der Waals surface area contributed by atoms with E-state index in [2.05, 4.69) is 5.32 Å². The first-order valence-corrected chi connectivity index (χ1v) is 5.56. The molecule has 7 heteroatoms. The van der Waals surface area contributed by atoms with Crippen LogP contribution in [0.3, 0.4) is 0 Å². The molecule has 0 aliphatic heterocycles. The Morgan fingerprint density at radius 3 is 2.53 bits per heavy atom. The van der Waals surface area contributed by atoms with Crippen molar-refractivity contribution < 1.29 is 24.7 Å². The number of aliphatic carboxylic acids is 1. The normalized spacial score (nSPS) is 11.5. The van der Waals surface area contributed by atoms with Crippen molar-refractivity contribution in [2.75, 3.05) is 0 Å². The third kappa shape index (κ3) is 3.78. The van der Waals surface area contributed by atoms with Gasteiger partial charge in [0.25, 0.3) is 0 Å². The predicted molar refractivity (Wildman–Crippen MR) is 64.9 cm³/mol. The van der Waals surface area contributed by atoms with Crippen LogP contribution in [0.25, 0.3) is 0 Å². The third-order valence-electron chi connectivity index (χ3n) is 2.49. The number of benzene rings is 1. The smallest absolute Gasteiger partial charge is 0.339 e. The van der Waals surface area contributed by atoms with E-state index in [9.17, 15) is 14.4 Å². The molecule has 2 amide bonds. The molecule has 1 aromatic rings. The third-order valence-corrected chi connectivity index (χ3v) is 2.49. The Labute approximate surface area is 109 Å². The van der Waals surface area contributed by atoms with Crippen molar-refractivity contribution in [3.05, 3.63) is 35.4 Å². The molecule has 0 bridgehead atoms. The molecule has 1 unspecified atom stereocenters. The van der Waals surface area contributed by atoms with Gasteiger partial charge in [0.2, 0.25) is 0 Å². The average molecular weight is 266 g/mol. The molecule has 0 aliphatic rings. The molecular weight excluding hydrogens is 252 g/mol. The Morgan fingerprint density at radius 2 is 2.00 bits per heavy atom. The Morgan fingerprint density at radius 1 is 1.32 bits per heavy atom. The van der Waals surface area contributed by atoms with Crippen LogP contribution in [0.1, 0.15) is 35.3 Å². The van der Waals surface area contributed by atoms with Gasteiger partial charge in [-0.15, -0.1) is 0 Å². The highest BCUT2D eigenvalue weighted by Gasteiger charge is 2.22. The minimum Gasteiger partial charge on any atom is -0.479 e. The van der Waals surface area contributed by atoms with Gasteiger partial charge in [0.1, 0.15) is 0 Å². The lowest BCUT2D eigenvalue weighted by Gasteiger charge is -2.14. The SMILES string of the molecule is CCC(=O)c1cccc(C(NC(=O)NO)C(=O)O)c1. The van der Waals surface area contributed by atoms with Gasteiger partial charge in [-0.2, -0.15) is 0 Å². The summed E-state index contributed by atoms with van der Waals surface area (Å²) in [6.45, 7) is 1.70. The van der Waals surface area contributed by atoms with Gasteiger partial charge in [0.15, 0.2) is 11.8 Å². The highest BCUT2D eigenvalue weighted by Crippen LogP contribution is 2.16. The molecule has 0 aliphatic carbocycles. The number of carbonyl (C=O) groups is 3. The highest BCUT2D eigenvalue weighted by molar-refractivity contribution is 5.96. The Bertz CT molecular complexity index is 501. The molecule has 0 saturated heterocycles. The summed E-state index contributed by atoms with van der Waals surface area (Å²) in [6, 6.07) is 3.59. The van der Waals surface area contributed by atoms with Crippen molar-refractivity contribution in [1.29, 1.82) is 0 Å². The van der Waals surface area contributed by atoms with Crippen LogP contribution in [-0.2, 0) is 4.79 Å². The number of hydrogen-bond acceptors (Lipinski definition) is 4. The second-order valence-electron chi connectivity index (χ2n) is 3.76. The molecule has 1 aromatic carbocycles. The largest absolute Gasteiger partial charge is 0.479 e. The van der Waals surface area contributed by atoms with Crippen LogP contribution >= 0.6 is 0 Å². The molecule has 19 heavy (non-hydrogen) atoms. The molecule has 0 saturated carbocycles. The number of hydrogen-bond donors (Lipinski definition) is 4. The van der Waals surface area contributed by atoms with E-state index in [1.54, 1.807) is 13.0 Å². The van der Waals surface area contributed by atoms with Crippen molar-refractivity contribution in [3.8, 4) is 0 Å². The van der Waals surface area contributed by atoms with Crippen LogP contribution < -0.4 is 10.8 Å². The van der Waals surface area contributed by atoms with Crippen molar-refractivity contribution in [2.24, 2.45) is 0 Å². The molecule has 1 rings (SSSR count). The summed E-state index contributed by atoms with van der Waals surface area (Å²) in [5.74, 6) is -1.43. The van der Waals surface area contributed by atoms with Gasteiger partial charge in [-0.05, 0) is 11.6 Å². The summed E-state index contributed by atoms with van der Waals surface area (Å²) in [4.78, 5) is 33.6. The molecule has 0 spiro atoms. The van der Waals surface area contributed by atoms with Gasteiger partial charge >= 0.3 is 12.0 Å². The van der Waals surface area contributed by atoms with Gasteiger partial charge in [0, 0.05) is 12.0 Å². The lowest BCUT2D eigenvalue weighted by Crippen LogP contribution is -2.39. The first kappa shape index (κ1) is 14.7. The zero-order valence-corrected chi connectivity index (χ0v) is 10.2. The molecule has 0 heterocycles. The monoisotopic (exact) mass is 266 g/mol. The first-order chi connectivity index (χ1) is 8.99.